The number of nitrogens with one attached hydrogen (secondary N) is 1. The Balaban J connectivity index is 1.64. The molecule has 3 N–H and O–H groups in total. The molecule has 0 heterocycles. The highest BCUT2D eigenvalue weighted by Gasteiger charge is 2.20. The van der Waals surface area contributed by atoms with E-state index in [2.05, 4.69) is 0 Å². The first-order chi connectivity index (χ1) is 17.7. The molecule has 0 radical (unpaired) electrons. The van der Waals surface area contributed by atoms with Crippen molar-refractivity contribution in [1.29, 1.82) is 5.41 Å². The van der Waals surface area contributed by atoms with Crippen LogP contribution in [0.2, 0.25) is 0 Å². The normalized spacial score (nSPS) is 11.2. The summed E-state index contributed by atoms with van der Waals surface area (Å²) < 4.78 is 25.3. The van der Waals surface area contributed by atoms with Crippen molar-refractivity contribution in [2.45, 2.75) is 24.4 Å². The number of benzene rings is 4. The Morgan fingerprint density at radius 1 is 0.784 bits per heavy atom. The van der Waals surface area contributed by atoms with Gasteiger partial charge in [0.2, 0.25) is 5.91 Å². The van der Waals surface area contributed by atoms with Crippen LogP contribution in [-0.4, -0.2) is 31.3 Å². The lowest BCUT2D eigenvalue weighted by molar-refractivity contribution is -0.131. The second-order valence-electron chi connectivity index (χ2n) is 8.99. The smallest absolute Gasteiger partial charge is 0.227 e. The Hall–Kier alpha value is -4.23. The fourth-order valence-corrected chi connectivity index (χ4v) is 5.17. The summed E-state index contributed by atoms with van der Waals surface area (Å²) in [6.07, 6.45) is 1.24. The van der Waals surface area contributed by atoms with E-state index in [9.17, 15) is 13.2 Å². The molecule has 0 saturated heterocycles. The fourth-order valence-electron chi connectivity index (χ4n) is 4.22. The zero-order chi connectivity index (χ0) is 26.4. The monoisotopic (exact) mass is 511 g/mol. The molecule has 188 valence electrons. The van der Waals surface area contributed by atoms with Crippen molar-refractivity contribution in [3.63, 3.8) is 0 Å². The first kappa shape index (κ1) is 25.9. The SMILES string of the molecule is CS(=O)(=O)c1cc(CC(=O)N(Cc2ccccc2)Cc2cccc(C(=N)N)c2)ccc1-c1ccccc1. The number of sulfone groups is 1. The lowest BCUT2D eigenvalue weighted by atomic mass is 10.0. The minimum absolute atomic E-state index is 0.0328. The molecule has 0 aliphatic heterocycles. The Morgan fingerprint density at radius 3 is 2.05 bits per heavy atom. The summed E-state index contributed by atoms with van der Waals surface area (Å²) in [6, 6.07) is 31.5. The van der Waals surface area contributed by atoms with Gasteiger partial charge in [0, 0.05) is 30.5 Å². The van der Waals surface area contributed by atoms with Gasteiger partial charge < -0.3 is 10.6 Å². The van der Waals surface area contributed by atoms with Crippen LogP contribution in [0.1, 0.15) is 22.3 Å². The van der Waals surface area contributed by atoms with Crippen molar-refractivity contribution >= 4 is 21.6 Å². The summed E-state index contributed by atoms with van der Waals surface area (Å²) >= 11 is 0. The van der Waals surface area contributed by atoms with E-state index in [4.69, 9.17) is 11.1 Å². The van der Waals surface area contributed by atoms with Crippen molar-refractivity contribution in [3.8, 4) is 11.1 Å². The van der Waals surface area contributed by atoms with E-state index in [1.165, 1.54) is 6.26 Å². The van der Waals surface area contributed by atoms with Crippen molar-refractivity contribution in [2.75, 3.05) is 6.26 Å². The number of nitrogens with two attached hydrogens (primary N) is 1. The minimum atomic E-state index is -3.53. The predicted molar refractivity (Wildman–Crippen MR) is 147 cm³/mol. The van der Waals surface area contributed by atoms with Crippen LogP contribution in [0.3, 0.4) is 0 Å². The molecule has 0 atom stereocenters. The number of nitrogens with zero attached hydrogens (tertiary/aromatic N) is 1. The molecule has 0 aliphatic rings. The van der Waals surface area contributed by atoms with Gasteiger partial charge >= 0.3 is 0 Å². The number of amidine groups is 1. The number of hydrogen-bond donors (Lipinski definition) is 2. The van der Waals surface area contributed by atoms with Crippen molar-refractivity contribution in [1.82, 2.24) is 4.90 Å². The number of rotatable bonds is 9. The zero-order valence-corrected chi connectivity index (χ0v) is 21.4. The van der Waals surface area contributed by atoms with E-state index >= 15 is 0 Å². The van der Waals surface area contributed by atoms with E-state index in [1.807, 2.05) is 84.9 Å². The van der Waals surface area contributed by atoms with Gasteiger partial charge in [-0.05, 0) is 34.4 Å². The van der Waals surface area contributed by atoms with Crippen LogP contribution in [0.5, 0.6) is 0 Å². The molecule has 4 aromatic rings. The lowest BCUT2D eigenvalue weighted by Crippen LogP contribution is -2.31. The number of amides is 1. The molecule has 37 heavy (non-hydrogen) atoms. The van der Waals surface area contributed by atoms with Gasteiger partial charge in [0.15, 0.2) is 9.84 Å². The Labute approximate surface area is 217 Å². The number of hydrogen-bond acceptors (Lipinski definition) is 4. The number of nitrogen functional groups attached to an aromatic ring is 1. The Bertz CT molecular complexity index is 1520. The summed E-state index contributed by atoms with van der Waals surface area (Å²) in [5, 5.41) is 7.72. The van der Waals surface area contributed by atoms with Gasteiger partial charge in [-0.3, -0.25) is 10.2 Å². The van der Waals surface area contributed by atoms with Gasteiger partial charge in [-0.1, -0.05) is 91.0 Å². The van der Waals surface area contributed by atoms with Crippen LogP contribution >= 0.6 is 0 Å². The number of carbonyl (C=O) groups is 1. The highest BCUT2D eigenvalue weighted by atomic mass is 32.2. The fraction of sp³-hybridized carbons (Fsp3) is 0.133. The van der Waals surface area contributed by atoms with E-state index in [-0.39, 0.29) is 23.1 Å². The molecule has 1 amide bonds. The van der Waals surface area contributed by atoms with Crippen LogP contribution in [0.25, 0.3) is 11.1 Å². The van der Waals surface area contributed by atoms with Crippen LogP contribution in [-0.2, 0) is 34.1 Å². The second kappa shape index (κ2) is 11.2. The van der Waals surface area contributed by atoms with Gasteiger partial charge in [-0.15, -0.1) is 0 Å². The molecule has 0 unspecified atom stereocenters. The molecule has 0 spiro atoms. The maximum atomic E-state index is 13.6. The molecule has 6 nitrogen and oxygen atoms in total. The Morgan fingerprint density at radius 2 is 1.41 bits per heavy atom. The van der Waals surface area contributed by atoms with E-state index < -0.39 is 9.84 Å². The van der Waals surface area contributed by atoms with E-state index in [1.54, 1.807) is 23.1 Å². The Kier molecular flexibility index (Phi) is 7.84. The minimum Gasteiger partial charge on any atom is -0.384 e. The summed E-state index contributed by atoms with van der Waals surface area (Å²) in [7, 11) is -3.53. The molecular weight excluding hydrogens is 482 g/mol. The first-order valence-electron chi connectivity index (χ1n) is 11.8. The third kappa shape index (κ3) is 6.71. The molecule has 7 heteroatoms. The molecule has 0 bridgehead atoms. The van der Waals surface area contributed by atoms with Crippen LogP contribution in [0.4, 0.5) is 0 Å². The van der Waals surface area contributed by atoms with Crippen LogP contribution < -0.4 is 5.73 Å². The number of carbonyl (C=O) groups excluding carboxylic acids is 1. The average molecular weight is 512 g/mol. The molecular formula is C30H29N3O3S. The molecule has 4 rings (SSSR count). The molecule has 0 saturated carbocycles. The van der Waals surface area contributed by atoms with Gasteiger partial charge in [0.25, 0.3) is 0 Å². The zero-order valence-electron chi connectivity index (χ0n) is 20.6. The molecule has 4 aromatic carbocycles. The topological polar surface area (TPSA) is 104 Å². The molecule has 0 aliphatic carbocycles. The van der Waals surface area contributed by atoms with Gasteiger partial charge in [0.05, 0.1) is 11.3 Å². The highest BCUT2D eigenvalue weighted by Crippen LogP contribution is 2.29. The standard InChI is InChI=1S/C30H29N3O3S/c1-37(35,36)28-18-23(15-16-27(28)25-12-6-3-7-13-25)19-29(34)33(20-22-9-4-2-5-10-22)21-24-11-8-14-26(17-24)30(31)32/h2-18H,19-21H2,1H3,(H3,31,32). The van der Waals surface area contributed by atoms with Gasteiger partial charge in [-0.25, -0.2) is 8.42 Å². The largest absolute Gasteiger partial charge is 0.384 e. The van der Waals surface area contributed by atoms with Gasteiger partial charge in [-0.2, -0.15) is 0 Å². The van der Waals surface area contributed by atoms with Gasteiger partial charge in [0.1, 0.15) is 5.84 Å². The summed E-state index contributed by atoms with van der Waals surface area (Å²) in [4.78, 5) is 15.5. The van der Waals surface area contributed by atoms with Crippen LogP contribution in [0, 0.1) is 5.41 Å². The third-order valence-electron chi connectivity index (χ3n) is 6.07. The summed E-state index contributed by atoms with van der Waals surface area (Å²) in [5.41, 5.74) is 10.1. The maximum absolute atomic E-state index is 13.6. The van der Waals surface area contributed by atoms with Crippen molar-refractivity contribution in [2.24, 2.45) is 5.73 Å². The average Bonchev–Trinajstić information content (AvgIpc) is 2.89. The second-order valence-corrected chi connectivity index (χ2v) is 11.0. The molecule has 0 fully saturated rings. The van der Waals surface area contributed by atoms with E-state index in [0.29, 0.717) is 29.8 Å². The maximum Gasteiger partial charge on any atom is 0.227 e. The third-order valence-corrected chi connectivity index (χ3v) is 7.20. The summed E-state index contributed by atoms with van der Waals surface area (Å²) in [6.45, 7) is 0.723. The quantitative estimate of drug-likeness (QED) is 0.248. The van der Waals surface area contributed by atoms with E-state index in [0.717, 1.165) is 16.7 Å². The summed E-state index contributed by atoms with van der Waals surface area (Å²) in [5.74, 6) is -0.168. The van der Waals surface area contributed by atoms with Crippen molar-refractivity contribution < 1.29 is 13.2 Å². The first-order valence-corrected chi connectivity index (χ1v) is 13.7. The predicted octanol–water partition coefficient (Wildman–Crippen LogP) is 4.81. The van der Waals surface area contributed by atoms with Crippen LogP contribution in [0.15, 0.2) is 108 Å². The highest BCUT2D eigenvalue weighted by molar-refractivity contribution is 7.90. The molecule has 0 aromatic heterocycles. The lowest BCUT2D eigenvalue weighted by Gasteiger charge is -2.24. The van der Waals surface area contributed by atoms with Crippen molar-refractivity contribution in [3.05, 3.63) is 125 Å².